The molecule has 0 amide bonds. The molecule has 0 saturated heterocycles. The number of aromatic nitrogens is 2. The van der Waals surface area contributed by atoms with Gasteiger partial charge in [0.05, 0.1) is 10.6 Å². The molecule has 0 spiro atoms. The first kappa shape index (κ1) is 13.0. The van der Waals surface area contributed by atoms with Gasteiger partial charge in [0.1, 0.15) is 0 Å². The van der Waals surface area contributed by atoms with Gasteiger partial charge in [-0.3, -0.25) is 4.98 Å². The third-order valence-electron chi connectivity index (χ3n) is 3.01. The molecule has 0 aliphatic rings. The van der Waals surface area contributed by atoms with E-state index in [-0.39, 0.29) is 5.02 Å². The third-order valence-corrected chi connectivity index (χ3v) is 3.32. The van der Waals surface area contributed by atoms with E-state index < -0.39 is 11.7 Å². The first-order valence-corrected chi connectivity index (χ1v) is 6.13. The van der Waals surface area contributed by atoms with Crippen LogP contribution in [0, 0.1) is 0 Å². The second-order valence-corrected chi connectivity index (χ2v) is 4.74. The Labute approximate surface area is 117 Å². The molecule has 0 atom stereocenters. The second kappa shape index (κ2) is 4.52. The summed E-state index contributed by atoms with van der Waals surface area (Å²) in [4.78, 5) is 6.87. The Hall–Kier alpha value is -2.01. The lowest BCUT2D eigenvalue weighted by Crippen LogP contribution is -2.05. The number of benzene rings is 1. The second-order valence-electron chi connectivity index (χ2n) is 4.34. The Morgan fingerprint density at radius 3 is 2.40 bits per heavy atom. The fourth-order valence-electron chi connectivity index (χ4n) is 2.06. The lowest BCUT2D eigenvalue weighted by atomic mass is 10.1. The fourth-order valence-corrected chi connectivity index (χ4v) is 2.34. The van der Waals surface area contributed by atoms with E-state index in [4.69, 9.17) is 11.6 Å². The number of aromatic amines is 1. The van der Waals surface area contributed by atoms with Gasteiger partial charge in [-0.1, -0.05) is 11.6 Å². The Kier molecular flexibility index (Phi) is 2.94. The van der Waals surface area contributed by atoms with Gasteiger partial charge in [0, 0.05) is 34.6 Å². The molecular weight excluding hydrogens is 289 g/mol. The molecule has 6 heteroatoms. The van der Waals surface area contributed by atoms with Crippen LogP contribution >= 0.6 is 11.6 Å². The standard InChI is InChI=1S/C14H8ClF3N2/c15-11-5-9-6-12(8-1-3-19-4-2-8)20-13(9)7-10(11)14(16,17)18/h1-7,20H. The molecule has 2 aromatic heterocycles. The van der Waals surface area contributed by atoms with Crippen molar-refractivity contribution >= 4 is 22.5 Å². The lowest BCUT2D eigenvalue weighted by molar-refractivity contribution is -0.137. The molecule has 1 N–H and O–H groups in total. The molecule has 0 unspecified atom stereocenters. The number of alkyl halides is 3. The average Bonchev–Trinajstić information content (AvgIpc) is 2.80. The predicted molar refractivity (Wildman–Crippen MR) is 71.5 cm³/mol. The molecule has 102 valence electrons. The summed E-state index contributed by atoms with van der Waals surface area (Å²) in [6, 6.07) is 7.66. The van der Waals surface area contributed by atoms with Crippen molar-refractivity contribution in [1.29, 1.82) is 0 Å². The number of hydrogen-bond acceptors (Lipinski definition) is 1. The number of nitrogens with zero attached hydrogens (tertiary/aromatic N) is 1. The molecule has 3 rings (SSSR count). The van der Waals surface area contributed by atoms with Gasteiger partial charge < -0.3 is 4.98 Å². The van der Waals surface area contributed by atoms with Gasteiger partial charge in [-0.25, -0.2) is 0 Å². The van der Waals surface area contributed by atoms with Gasteiger partial charge in [0.25, 0.3) is 0 Å². The summed E-state index contributed by atoms with van der Waals surface area (Å²) in [5.74, 6) is 0. The maximum Gasteiger partial charge on any atom is 0.417 e. The summed E-state index contributed by atoms with van der Waals surface area (Å²) in [7, 11) is 0. The number of halogens is 4. The maximum absolute atomic E-state index is 12.8. The largest absolute Gasteiger partial charge is 0.417 e. The van der Waals surface area contributed by atoms with Crippen LogP contribution in [0.4, 0.5) is 13.2 Å². The van der Waals surface area contributed by atoms with Crippen LogP contribution in [0.2, 0.25) is 5.02 Å². The zero-order valence-corrected chi connectivity index (χ0v) is 10.8. The van der Waals surface area contributed by atoms with E-state index in [1.165, 1.54) is 6.07 Å². The summed E-state index contributed by atoms with van der Waals surface area (Å²) in [5, 5.41) is 0.333. The molecule has 0 bridgehead atoms. The molecule has 0 radical (unpaired) electrons. The van der Waals surface area contributed by atoms with E-state index in [1.54, 1.807) is 30.6 Å². The highest BCUT2D eigenvalue weighted by molar-refractivity contribution is 6.32. The third kappa shape index (κ3) is 2.25. The summed E-state index contributed by atoms with van der Waals surface area (Å²) in [6.45, 7) is 0. The molecule has 0 fully saturated rings. The first-order chi connectivity index (χ1) is 9.45. The van der Waals surface area contributed by atoms with Crippen molar-refractivity contribution in [2.24, 2.45) is 0 Å². The molecule has 20 heavy (non-hydrogen) atoms. The van der Waals surface area contributed by atoms with Gasteiger partial charge >= 0.3 is 6.18 Å². The number of pyridine rings is 1. The Balaban J connectivity index is 2.17. The van der Waals surface area contributed by atoms with Crippen molar-refractivity contribution in [2.45, 2.75) is 6.18 Å². The van der Waals surface area contributed by atoms with Gasteiger partial charge in [0.2, 0.25) is 0 Å². The molecule has 2 heterocycles. The minimum absolute atomic E-state index is 0.301. The number of fused-ring (bicyclic) bond motifs is 1. The number of rotatable bonds is 1. The normalized spacial score (nSPS) is 12.0. The molecular formula is C14H8ClF3N2. The van der Waals surface area contributed by atoms with E-state index in [0.29, 0.717) is 10.9 Å². The van der Waals surface area contributed by atoms with E-state index in [9.17, 15) is 13.2 Å². The zero-order valence-electron chi connectivity index (χ0n) is 10.0. The van der Waals surface area contributed by atoms with Gasteiger partial charge in [-0.15, -0.1) is 0 Å². The van der Waals surface area contributed by atoms with Crippen molar-refractivity contribution in [3.63, 3.8) is 0 Å². The summed E-state index contributed by atoms with van der Waals surface area (Å²) < 4.78 is 38.4. The molecule has 0 aliphatic carbocycles. The fraction of sp³-hybridized carbons (Fsp3) is 0.0714. The predicted octanol–water partition coefficient (Wildman–Crippen LogP) is 4.90. The van der Waals surface area contributed by atoms with Crippen LogP contribution < -0.4 is 0 Å². The topological polar surface area (TPSA) is 28.7 Å². The minimum atomic E-state index is -4.47. The molecule has 2 nitrogen and oxygen atoms in total. The van der Waals surface area contributed by atoms with E-state index in [2.05, 4.69) is 9.97 Å². The SMILES string of the molecule is FC(F)(F)c1cc2[nH]c(-c3ccncc3)cc2cc1Cl. The van der Waals surface area contributed by atoms with E-state index in [1.807, 2.05) is 0 Å². The quantitative estimate of drug-likeness (QED) is 0.679. The summed E-state index contributed by atoms with van der Waals surface area (Å²) >= 11 is 5.70. The van der Waals surface area contributed by atoms with Gasteiger partial charge in [-0.2, -0.15) is 13.2 Å². The monoisotopic (exact) mass is 296 g/mol. The average molecular weight is 297 g/mol. The van der Waals surface area contributed by atoms with Crippen molar-refractivity contribution in [2.75, 3.05) is 0 Å². The number of hydrogen-bond donors (Lipinski definition) is 1. The molecule has 0 aliphatic heterocycles. The number of H-pyrrole nitrogens is 1. The van der Waals surface area contributed by atoms with Crippen molar-refractivity contribution in [3.8, 4) is 11.3 Å². The Morgan fingerprint density at radius 2 is 1.75 bits per heavy atom. The molecule has 1 aromatic carbocycles. The van der Waals surface area contributed by atoms with Crippen LogP contribution in [0.3, 0.4) is 0 Å². The van der Waals surface area contributed by atoms with E-state index in [0.717, 1.165) is 17.3 Å². The molecule has 3 aromatic rings. The van der Waals surface area contributed by atoms with Crippen LogP contribution in [-0.2, 0) is 6.18 Å². The zero-order chi connectivity index (χ0) is 14.3. The van der Waals surface area contributed by atoms with E-state index >= 15 is 0 Å². The van der Waals surface area contributed by atoms with Crippen molar-refractivity contribution < 1.29 is 13.2 Å². The van der Waals surface area contributed by atoms with Crippen LogP contribution in [0.15, 0.2) is 42.7 Å². The highest BCUT2D eigenvalue weighted by atomic mass is 35.5. The van der Waals surface area contributed by atoms with Crippen LogP contribution in [-0.4, -0.2) is 9.97 Å². The minimum Gasteiger partial charge on any atom is -0.355 e. The Morgan fingerprint density at radius 1 is 1.05 bits per heavy atom. The molecule has 0 saturated carbocycles. The highest BCUT2D eigenvalue weighted by Gasteiger charge is 2.33. The highest BCUT2D eigenvalue weighted by Crippen LogP contribution is 2.37. The first-order valence-electron chi connectivity index (χ1n) is 5.75. The van der Waals surface area contributed by atoms with Gasteiger partial charge in [0.15, 0.2) is 0 Å². The number of nitrogens with one attached hydrogen (secondary N) is 1. The van der Waals surface area contributed by atoms with Crippen molar-refractivity contribution in [3.05, 3.63) is 53.3 Å². The van der Waals surface area contributed by atoms with Crippen LogP contribution in [0.5, 0.6) is 0 Å². The summed E-state index contributed by atoms with van der Waals surface area (Å²) in [5.41, 5.74) is 1.13. The van der Waals surface area contributed by atoms with Crippen LogP contribution in [0.1, 0.15) is 5.56 Å². The summed E-state index contributed by atoms with van der Waals surface area (Å²) in [6.07, 6.45) is -1.23. The lowest BCUT2D eigenvalue weighted by Gasteiger charge is -2.08. The van der Waals surface area contributed by atoms with Gasteiger partial charge in [-0.05, 0) is 30.3 Å². The van der Waals surface area contributed by atoms with Crippen molar-refractivity contribution in [1.82, 2.24) is 9.97 Å². The smallest absolute Gasteiger partial charge is 0.355 e. The maximum atomic E-state index is 12.8. The Bertz CT molecular complexity index is 763. The van der Waals surface area contributed by atoms with Crippen LogP contribution in [0.25, 0.3) is 22.2 Å².